The summed E-state index contributed by atoms with van der Waals surface area (Å²) >= 11 is 0. The van der Waals surface area contributed by atoms with Crippen molar-refractivity contribution in [3.8, 4) is 0 Å². The Morgan fingerprint density at radius 2 is 0.770 bits per heavy atom. The number of hydrogen-bond donors (Lipinski definition) is 9. The average Bonchev–Trinajstić information content (AvgIpc) is 3.40. The van der Waals surface area contributed by atoms with Crippen LogP contribution in [-0.2, 0) is 23.7 Å². The summed E-state index contributed by atoms with van der Waals surface area (Å²) in [6.45, 7) is 2.83. The number of carbonyl (C=O) groups is 1. The number of aliphatic hydroxyl groups excluding tert-OH is 8. The van der Waals surface area contributed by atoms with Crippen LogP contribution in [0.2, 0.25) is 0 Å². The second-order valence-corrected chi connectivity index (χ2v) is 22.6. The predicted octanol–water partition coefficient (Wildman–Crippen LogP) is 10.9. The molecule has 2 rings (SSSR count). The Hall–Kier alpha value is -1.01. The SMILES string of the molecule is CCCCCCCCCCCCCCCCCCCCCCCCCCCCCCCCCCCC(O)C(COC1OC(CO)C(OC2OC(CO)C(O)C(O)C2O)C(O)C1O)NC(=O)CCCCCCCCC. The Morgan fingerprint density at radius 3 is 1.15 bits per heavy atom. The van der Waals surface area contributed by atoms with Crippen LogP contribution in [0.4, 0.5) is 0 Å². The summed E-state index contributed by atoms with van der Waals surface area (Å²) in [5.74, 6) is -0.209. The molecule has 2 saturated heterocycles. The molecule has 0 aliphatic carbocycles. The molecule has 74 heavy (non-hydrogen) atoms. The van der Waals surface area contributed by atoms with Crippen molar-refractivity contribution in [2.45, 2.75) is 357 Å². The van der Waals surface area contributed by atoms with E-state index in [1.54, 1.807) is 0 Å². The van der Waals surface area contributed by atoms with Gasteiger partial charge in [-0.05, 0) is 12.8 Å². The Labute approximate surface area is 451 Å². The van der Waals surface area contributed by atoms with E-state index >= 15 is 0 Å². The number of carbonyl (C=O) groups excluding carboxylic acids is 1. The van der Waals surface area contributed by atoms with E-state index in [4.69, 9.17) is 18.9 Å². The van der Waals surface area contributed by atoms with E-state index in [0.717, 1.165) is 51.4 Å². The lowest BCUT2D eigenvalue weighted by molar-refractivity contribution is -0.359. The molecule has 14 nitrogen and oxygen atoms in total. The fourth-order valence-corrected chi connectivity index (χ4v) is 10.8. The quantitative estimate of drug-likeness (QED) is 0.0259. The molecule has 14 heteroatoms. The van der Waals surface area contributed by atoms with Crippen LogP contribution in [0.25, 0.3) is 0 Å². The molecule has 12 atom stereocenters. The molecular formula is C60H117NO13. The van der Waals surface area contributed by atoms with Crippen molar-refractivity contribution in [3.63, 3.8) is 0 Å². The van der Waals surface area contributed by atoms with Gasteiger partial charge < -0.3 is 65.1 Å². The molecular weight excluding hydrogens is 943 g/mol. The van der Waals surface area contributed by atoms with Crippen LogP contribution in [0, 0.1) is 0 Å². The molecule has 2 fully saturated rings. The lowest BCUT2D eigenvalue weighted by atomic mass is 9.97. The van der Waals surface area contributed by atoms with Gasteiger partial charge >= 0.3 is 0 Å². The summed E-state index contributed by atoms with van der Waals surface area (Å²) in [6.07, 6.45) is 36.1. The van der Waals surface area contributed by atoms with Crippen LogP contribution in [0.1, 0.15) is 284 Å². The highest BCUT2D eigenvalue weighted by molar-refractivity contribution is 5.76. The molecule has 12 unspecified atom stereocenters. The van der Waals surface area contributed by atoms with Gasteiger partial charge in [0.05, 0.1) is 32.0 Å². The van der Waals surface area contributed by atoms with E-state index in [0.29, 0.717) is 12.8 Å². The second-order valence-electron chi connectivity index (χ2n) is 22.6. The normalized spacial score (nSPS) is 25.1. The summed E-state index contributed by atoms with van der Waals surface area (Å²) < 4.78 is 22.8. The summed E-state index contributed by atoms with van der Waals surface area (Å²) in [5.41, 5.74) is 0. The summed E-state index contributed by atoms with van der Waals surface area (Å²) in [5, 5.41) is 86.9. The first-order valence-electron chi connectivity index (χ1n) is 31.3. The summed E-state index contributed by atoms with van der Waals surface area (Å²) in [7, 11) is 0. The van der Waals surface area contributed by atoms with Gasteiger partial charge in [-0.3, -0.25) is 4.79 Å². The fraction of sp³-hybridized carbons (Fsp3) is 0.983. The fourth-order valence-electron chi connectivity index (χ4n) is 10.8. The molecule has 1 amide bonds. The first-order valence-corrected chi connectivity index (χ1v) is 31.3. The van der Waals surface area contributed by atoms with Crippen LogP contribution in [0.5, 0.6) is 0 Å². The third-order valence-electron chi connectivity index (χ3n) is 15.8. The van der Waals surface area contributed by atoms with Gasteiger partial charge in [-0.2, -0.15) is 0 Å². The predicted molar refractivity (Wildman–Crippen MR) is 296 cm³/mol. The Balaban J connectivity index is 1.56. The van der Waals surface area contributed by atoms with Gasteiger partial charge in [-0.25, -0.2) is 0 Å². The number of hydrogen-bond acceptors (Lipinski definition) is 13. The Kier molecular flexibility index (Phi) is 43.8. The van der Waals surface area contributed by atoms with Crippen LogP contribution in [0.3, 0.4) is 0 Å². The zero-order chi connectivity index (χ0) is 53.9. The molecule has 2 heterocycles. The second kappa shape index (κ2) is 46.9. The molecule has 440 valence electrons. The number of amides is 1. The molecule has 0 spiro atoms. The van der Waals surface area contributed by atoms with Gasteiger partial charge in [0, 0.05) is 6.42 Å². The minimum Gasteiger partial charge on any atom is -0.394 e. The van der Waals surface area contributed by atoms with E-state index in [9.17, 15) is 45.6 Å². The molecule has 0 radical (unpaired) electrons. The highest BCUT2D eigenvalue weighted by Gasteiger charge is 2.51. The van der Waals surface area contributed by atoms with Crippen LogP contribution in [0.15, 0.2) is 0 Å². The van der Waals surface area contributed by atoms with E-state index in [2.05, 4.69) is 19.2 Å². The smallest absolute Gasteiger partial charge is 0.220 e. The third kappa shape index (κ3) is 32.2. The minimum absolute atomic E-state index is 0.209. The molecule has 9 N–H and O–H groups in total. The minimum atomic E-state index is -1.78. The van der Waals surface area contributed by atoms with Crippen molar-refractivity contribution in [1.29, 1.82) is 0 Å². The molecule has 0 aromatic rings. The number of unbranched alkanes of at least 4 members (excludes halogenated alkanes) is 38. The van der Waals surface area contributed by atoms with Gasteiger partial charge in [0.2, 0.25) is 5.91 Å². The van der Waals surface area contributed by atoms with Crippen molar-refractivity contribution < 1.29 is 64.6 Å². The standard InChI is InChI=1S/C60H117NO13/c1-3-5-7-9-11-12-13-14-15-16-17-18-19-20-21-22-23-24-25-26-27-28-29-30-31-32-33-34-35-36-38-39-41-43-49(64)48(61-52(65)44-42-40-37-10-8-6-4-2)47-71-59-57(70)55(68)58(51(46-63)73-59)74-60-56(69)54(67)53(66)50(45-62)72-60/h48-51,53-60,62-64,66-70H,3-47H2,1-2H3,(H,61,65). The molecule has 2 aliphatic rings. The maximum Gasteiger partial charge on any atom is 0.220 e. The number of aliphatic hydroxyl groups is 8. The zero-order valence-corrected chi connectivity index (χ0v) is 47.4. The highest BCUT2D eigenvalue weighted by Crippen LogP contribution is 2.30. The Bertz CT molecular complexity index is 1250. The molecule has 0 saturated carbocycles. The largest absolute Gasteiger partial charge is 0.394 e. The molecule has 2 aliphatic heterocycles. The van der Waals surface area contributed by atoms with Gasteiger partial charge in [-0.15, -0.1) is 0 Å². The highest BCUT2D eigenvalue weighted by atomic mass is 16.7. The number of nitrogens with one attached hydrogen (secondary N) is 1. The first kappa shape index (κ1) is 69.1. The van der Waals surface area contributed by atoms with E-state index < -0.39 is 86.8 Å². The monoisotopic (exact) mass is 1060 g/mol. The summed E-state index contributed by atoms with van der Waals surface area (Å²) in [6, 6.07) is -0.820. The van der Waals surface area contributed by atoms with Gasteiger partial charge in [0.1, 0.15) is 48.8 Å². The Morgan fingerprint density at radius 1 is 0.432 bits per heavy atom. The average molecular weight is 1060 g/mol. The van der Waals surface area contributed by atoms with Gasteiger partial charge in [-0.1, -0.05) is 264 Å². The zero-order valence-electron chi connectivity index (χ0n) is 47.4. The summed E-state index contributed by atoms with van der Waals surface area (Å²) in [4.78, 5) is 13.1. The van der Waals surface area contributed by atoms with Gasteiger partial charge in [0.15, 0.2) is 12.6 Å². The third-order valence-corrected chi connectivity index (χ3v) is 15.8. The molecule has 0 aromatic heterocycles. The lowest BCUT2D eigenvalue weighted by Crippen LogP contribution is -2.65. The molecule has 0 aromatic carbocycles. The van der Waals surface area contributed by atoms with E-state index in [1.807, 2.05) is 0 Å². The number of rotatable bonds is 51. The maximum atomic E-state index is 13.1. The van der Waals surface area contributed by atoms with Crippen molar-refractivity contribution >= 4 is 5.91 Å². The maximum absolute atomic E-state index is 13.1. The molecule has 0 bridgehead atoms. The van der Waals surface area contributed by atoms with Crippen LogP contribution in [-0.4, -0.2) is 140 Å². The van der Waals surface area contributed by atoms with Crippen molar-refractivity contribution in [1.82, 2.24) is 5.32 Å². The van der Waals surface area contributed by atoms with Crippen LogP contribution >= 0.6 is 0 Å². The van der Waals surface area contributed by atoms with Gasteiger partial charge in [0.25, 0.3) is 0 Å². The number of ether oxygens (including phenoxy) is 4. The van der Waals surface area contributed by atoms with Crippen molar-refractivity contribution in [2.24, 2.45) is 0 Å². The lowest BCUT2D eigenvalue weighted by Gasteiger charge is -2.46. The van der Waals surface area contributed by atoms with E-state index in [1.165, 1.54) is 205 Å². The topological polar surface area (TPSA) is 228 Å². The van der Waals surface area contributed by atoms with Crippen molar-refractivity contribution in [2.75, 3.05) is 19.8 Å². The van der Waals surface area contributed by atoms with Crippen molar-refractivity contribution in [3.05, 3.63) is 0 Å². The van der Waals surface area contributed by atoms with E-state index in [-0.39, 0.29) is 12.5 Å². The first-order chi connectivity index (χ1) is 36.1. The van der Waals surface area contributed by atoms with Crippen LogP contribution < -0.4 is 5.32 Å².